The van der Waals surface area contributed by atoms with E-state index in [-0.39, 0.29) is 5.38 Å². The van der Waals surface area contributed by atoms with E-state index in [1.54, 1.807) is 11.3 Å². The van der Waals surface area contributed by atoms with Gasteiger partial charge in [-0.15, -0.1) is 22.9 Å². The largest absolute Gasteiger partial charge is 0.131 e. The first-order valence-corrected chi connectivity index (χ1v) is 9.28. The van der Waals surface area contributed by atoms with Gasteiger partial charge in [0.25, 0.3) is 0 Å². The van der Waals surface area contributed by atoms with Crippen molar-refractivity contribution >= 4 is 38.9 Å². The first-order valence-electron chi connectivity index (χ1n) is 7.23. The summed E-state index contributed by atoms with van der Waals surface area (Å²) in [7, 11) is 0. The number of hydrogen-bond donors (Lipinski definition) is 0. The maximum atomic E-state index is 6.57. The molecule has 1 saturated carbocycles. The molecule has 3 rings (SSSR count). The Hall–Kier alpha value is -0.310. The van der Waals surface area contributed by atoms with Crippen LogP contribution in [0.3, 0.4) is 0 Å². The first kappa shape index (κ1) is 14.6. The SMILES string of the molecule is ClC(c1ccc(C2CCCCC2)cc1)c1ccc(Br)s1. The molecule has 0 N–H and O–H groups in total. The molecule has 0 aliphatic heterocycles. The maximum Gasteiger partial charge on any atom is 0.0928 e. The Balaban J connectivity index is 1.75. The molecule has 20 heavy (non-hydrogen) atoms. The van der Waals surface area contributed by atoms with E-state index in [2.05, 4.69) is 52.3 Å². The van der Waals surface area contributed by atoms with E-state index in [1.165, 1.54) is 48.1 Å². The minimum absolute atomic E-state index is 0.0355. The quantitative estimate of drug-likeness (QED) is 0.517. The lowest BCUT2D eigenvalue weighted by atomic mass is 9.84. The van der Waals surface area contributed by atoms with E-state index in [1.807, 2.05) is 0 Å². The lowest BCUT2D eigenvalue weighted by Gasteiger charge is -2.22. The summed E-state index contributed by atoms with van der Waals surface area (Å²) in [4.78, 5) is 1.20. The van der Waals surface area contributed by atoms with Crippen molar-refractivity contribution in [1.29, 1.82) is 0 Å². The van der Waals surface area contributed by atoms with Gasteiger partial charge in [0.2, 0.25) is 0 Å². The standard InChI is InChI=1S/C17H18BrClS/c18-16-11-10-15(20-16)17(19)14-8-6-13(7-9-14)12-4-2-1-3-5-12/h6-12,17H,1-5H2. The summed E-state index contributed by atoms with van der Waals surface area (Å²) in [6, 6.07) is 13.1. The Labute approximate surface area is 138 Å². The molecular weight excluding hydrogens is 352 g/mol. The molecule has 1 aromatic carbocycles. The molecule has 1 unspecified atom stereocenters. The second-order valence-electron chi connectivity index (χ2n) is 5.51. The van der Waals surface area contributed by atoms with E-state index < -0.39 is 0 Å². The van der Waals surface area contributed by atoms with E-state index in [0.29, 0.717) is 0 Å². The van der Waals surface area contributed by atoms with Gasteiger partial charge in [0.1, 0.15) is 0 Å². The summed E-state index contributed by atoms with van der Waals surface area (Å²) in [6.07, 6.45) is 6.87. The molecule has 0 amide bonds. The van der Waals surface area contributed by atoms with E-state index >= 15 is 0 Å². The van der Waals surface area contributed by atoms with Gasteiger partial charge in [0.15, 0.2) is 0 Å². The van der Waals surface area contributed by atoms with Crippen molar-refractivity contribution in [2.45, 2.75) is 43.4 Å². The summed E-state index contributed by atoms with van der Waals surface area (Å²) in [5, 5.41) is -0.0355. The van der Waals surface area contributed by atoms with Crippen LogP contribution >= 0.6 is 38.9 Å². The van der Waals surface area contributed by atoms with Crippen LogP contribution in [-0.2, 0) is 0 Å². The molecule has 1 aliphatic rings. The second-order valence-corrected chi connectivity index (χ2v) is 8.44. The molecule has 0 radical (unpaired) electrons. The molecule has 0 spiro atoms. The third-order valence-corrected chi connectivity index (χ3v) is 6.45. The fourth-order valence-corrected chi connectivity index (χ4v) is 4.78. The third-order valence-electron chi connectivity index (χ3n) is 4.15. The fraction of sp³-hybridized carbons (Fsp3) is 0.412. The van der Waals surface area contributed by atoms with E-state index in [0.717, 1.165) is 9.70 Å². The number of alkyl halides is 1. The third kappa shape index (κ3) is 3.29. The fourth-order valence-electron chi connectivity index (χ4n) is 3.00. The summed E-state index contributed by atoms with van der Waals surface area (Å²) in [5.41, 5.74) is 2.69. The highest BCUT2D eigenvalue weighted by molar-refractivity contribution is 9.11. The van der Waals surface area contributed by atoms with Crippen molar-refractivity contribution in [1.82, 2.24) is 0 Å². The molecule has 1 aromatic heterocycles. The molecule has 3 heteroatoms. The summed E-state index contributed by atoms with van der Waals surface area (Å²) in [5.74, 6) is 0.766. The number of hydrogen-bond acceptors (Lipinski definition) is 1. The van der Waals surface area contributed by atoms with Crippen molar-refractivity contribution in [3.63, 3.8) is 0 Å². The summed E-state index contributed by atoms with van der Waals surface area (Å²) < 4.78 is 1.14. The lowest BCUT2D eigenvalue weighted by molar-refractivity contribution is 0.443. The van der Waals surface area contributed by atoms with E-state index in [9.17, 15) is 0 Å². The molecule has 0 nitrogen and oxygen atoms in total. The maximum absolute atomic E-state index is 6.57. The van der Waals surface area contributed by atoms with Crippen LogP contribution < -0.4 is 0 Å². The molecule has 1 aliphatic carbocycles. The smallest absolute Gasteiger partial charge is 0.0928 e. The second kappa shape index (κ2) is 6.64. The molecule has 0 bridgehead atoms. The predicted octanol–water partition coefficient (Wildman–Crippen LogP) is 6.89. The highest BCUT2D eigenvalue weighted by Gasteiger charge is 2.17. The van der Waals surface area contributed by atoms with Crippen LogP contribution in [0.15, 0.2) is 40.2 Å². The molecular formula is C17H18BrClS. The molecule has 0 saturated heterocycles. The zero-order chi connectivity index (χ0) is 13.9. The Kier molecular flexibility index (Phi) is 4.85. The highest BCUT2D eigenvalue weighted by atomic mass is 79.9. The van der Waals surface area contributed by atoms with Gasteiger partial charge in [0.05, 0.1) is 9.16 Å². The average Bonchev–Trinajstić information content (AvgIpc) is 2.94. The zero-order valence-corrected chi connectivity index (χ0v) is 14.5. The minimum atomic E-state index is -0.0355. The Bertz CT molecular complexity index is 555. The molecule has 1 fully saturated rings. The van der Waals surface area contributed by atoms with Gasteiger partial charge in [-0.1, -0.05) is 43.5 Å². The van der Waals surface area contributed by atoms with Gasteiger partial charge in [-0.05, 0) is 57.9 Å². The average molecular weight is 370 g/mol. The van der Waals surface area contributed by atoms with Gasteiger partial charge in [-0.3, -0.25) is 0 Å². The van der Waals surface area contributed by atoms with E-state index in [4.69, 9.17) is 11.6 Å². The van der Waals surface area contributed by atoms with Gasteiger partial charge in [-0.25, -0.2) is 0 Å². The summed E-state index contributed by atoms with van der Waals surface area (Å²) >= 11 is 11.8. The van der Waals surface area contributed by atoms with Crippen LogP contribution in [0.4, 0.5) is 0 Å². The van der Waals surface area contributed by atoms with Crippen molar-refractivity contribution in [2.75, 3.05) is 0 Å². The highest BCUT2D eigenvalue weighted by Crippen LogP contribution is 2.37. The molecule has 1 heterocycles. The van der Waals surface area contributed by atoms with Crippen LogP contribution in [0.2, 0.25) is 0 Å². The molecule has 1 atom stereocenters. The minimum Gasteiger partial charge on any atom is -0.131 e. The zero-order valence-electron chi connectivity index (χ0n) is 11.3. The van der Waals surface area contributed by atoms with Gasteiger partial charge in [-0.2, -0.15) is 0 Å². The van der Waals surface area contributed by atoms with Gasteiger partial charge in [0, 0.05) is 4.88 Å². The Morgan fingerprint density at radius 1 is 1.00 bits per heavy atom. The first-order chi connectivity index (χ1) is 9.74. The predicted molar refractivity (Wildman–Crippen MR) is 92.0 cm³/mol. The van der Waals surface area contributed by atoms with Crippen LogP contribution in [0.25, 0.3) is 0 Å². The van der Waals surface area contributed by atoms with Gasteiger partial charge < -0.3 is 0 Å². The van der Waals surface area contributed by atoms with Crippen molar-refractivity contribution in [3.8, 4) is 0 Å². The Morgan fingerprint density at radius 2 is 1.70 bits per heavy atom. The number of benzene rings is 1. The number of thiophene rings is 1. The van der Waals surface area contributed by atoms with Crippen molar-refractivity contribution < 1.29 is 0 Å². The van der Waals surface area contributed by atoms with Crippen LogP contribution in [0, 0.1) is 0 Å². The van der Waals surface area contributed by atoms with Crippen molar-refractivity contribution in [2.24, 2.45) is 0 Å². The van der Waals surface area contributed by atoms with Crippen LogP contribution in [-0.4, -0.2) is 0 Å². The van der Waals surface area contributed by atoms with Crippen LogP contribution in [0.5, 0.6) is 0 Å². The topological polar surface area (TPSA) is 0 Å². The lowest BCUT2D eigenvalue weighted by Crippen LogP contribution is -2.04. The van der Waals surface area contributed by atoms with Gasteiger partial charge >= 0.3 is 0 Å². The summed E-state index contributed by atoms with van der Waals surface area (Å²) in [6.45, 7) is 0. The number of halogens is 2. The molecule has 106 valence electrons. The van der Waals surface area contributed by atoms with Crippen LogP contribution in [0.1, 0.15) is 59.4 Å². The van der Waals surface area contributed by atoms with Crippen molar-refractivity contribution in [3.05, 3.63) is 56.2 Å². The normalized spacial score (nSPS) is 18.1. The monoisotopic (exact) mass is 368 g/mol. The number of rotatable bonds is 3. The Morgan fingerprint density at radius 3 is 2.30 bits per heavy atom. The molecule has 2 aromatic rings.